The van der Waals surface area contributed by atoms with Gasteiger partial charge >= 0.3 is 0 Å². The van der Waals surface area contributed by atoms with Crippen LogP contribution in [0.2, 0.25) is 10.2 Å². The second-order valence-electron chi connectivity index (χ2n) is 5.67. The summed E-state index contributed by atoms with van der Waals surface area (Å²) >= 11 is 12.2. The van der Waals surface area contributed by atoms with E-state index in [9.17, 15) is 4.79 Å². The Morgan fingerprint density at radius 3 is 2.69 bits per heavy atom. The fraction of sp³-hybridized carbons (Fsp3) is 0.105. The zero-order valence-electron chi connectivity index (χ0n) is 14.0. The van der Waals surface area contributed by atoms with Gasteiger partial charge in [0.1, 0.15) is 5.52 Å². The van der Waals surface area contributed by atoms with Gasteiger partial charge in [-0.1, -0.05) is 53.5 Å². The second-order valence-corrected chi connectivity index (χ2v) is 6.44. The van der Waals surface area contributed by atoms with Crippen LogP contribution in [0.3, 0.4) is 0 Å². The largest absolute Gasteiger partial charge is 0.404 e. The van der Waals surface area contributed by atoms with E-state index in [1.54, 1.807) is 25.4 Å². The maximum Gasteiger partial charge on any atom is 0.288 e. The lowest BCUT2D eigenvalue weighted by atomic mass is 10.1. The van der Waals surface area contributed by atoms with Crippen molar-refractivity contribution in [2.24, 2.45) is 17.8 Å². The van der Waals surface area contributed by atoms with Gasteiger partial charge in [-0.15, -0.1) is 0 Å². The van der Waals surface area contributed by atoms with Crippen LogP contribution in [0.25, 0.3) is 16.6 Å². The van der Waals surface area contributed by atoms with Gasteiger partial charge in [0.05, 0.1) is 17.1 Å². The SMILES string of the molecule is Cn1c(=O)c(Cl)nc2c(Cl)cc(C(C=NCc3ccccc3)=CN)cc21. The first-order chi connectivity index (χ1) is 12.5. The molecule has 2 N–H and O–H groups in total. The molecule has 3 aromatic rings. The Balaban J connectivity index is 1.99. The molecule has 0 aliphatic heterocycles. The number of benzene rings is 2. The number of hydrogen-bond acceptors (Lipinski definition) is 4. The van der Waals surface area contributed by atoms with Gasteiger partial charge in [-0.2, -0.15) is 0 Å². The van der Waals surface area contributed by atoms with E-state index in [2.05, 4.69) is 9.98 Å². The predicted octanol–water partition coefficient (Wildman–Crippen LogP) is 3.81. The van der Waals surface area contributed by atoms with Gasteiger partial charge < -0.3 is 10.3 Å². The average Bonchev–Trinajstić information content (AvgIpc) is 2.65. The smallest absolute Gasteiger partial charge is 0.288 e. The Kier molecular flexibility index (Phi) is 5.40. The van der Waals surface area contributed by atoms with Gasteiger partial charge in [0, 0.05) is 25.0 Å². The Morgan fingerprint density at radius 2 is 2.00 bits per heavy atom. The summed E-state index contributed by atoms with van der Waals surface area (Å²) in [6.07, 6.45) is 3.14. The minimum Gasteiger partial charge on any atom is -0.404 e. The van der Waals surface area contributed by atoms with Crippen LogP contribution in [0, 0.1) is 0 Å². The van der Waals surface area contributed by atoms with Crippen molar-refractivity contribution in [3.05, 3.63) is 80.3 Å². The van der Waals surface area contributed by atoms with Crippen molar-refractivity contribution in [1.82, 2.24) is 9.55 Å². The van der Waals surface area contributed by atoms with E-state index in [0.29, 0.717) is 28.2 Å². The third-order valence-corrected chi connectivity index (χ3v) is 4.49. The molecule has 0 saturated heterocycles. The molecule has 0 saturated carbocycles. The number of fused-ring (bicyclic) bond motifs is 1. The van der Waals surface area contributed by atoms with E-state index in [1.165, 1.54) is 10.8 Å². The van der Waals surface area contributed by atoms with Crippen LogP contribution in [0.15, 0.2) is 58.5 Å². The van der Waals surface area contributed by atoms with Crippen molar-refractivity contribution in [3.63, 3.8) is 0 Å². The predicted molar refractivity (Wildman–Crippen MR) is 108 cm³/mol. The molecule has 0 amide bonds. The highest BCUT2D eigenvalue weighted by Gasteiger charge is 2.12. The van der Waals surface area contributed by atoms with Gasteiger partial charge in [0.2, 0.25) is 0 Å². The summed E-state index contributed by atoms with van der Waals surface area (Å²) in [5, 5.41) is 0.263. The summed E-state index contributed by atoms with van der Waals surface area (Å²) in [6.45, 7) is 0.537. The van der Waals surface area contributed by atoms with Crippen LogP contribution in [0.4, 0.5) is 0 Å². The summed E-state index contributed by atoms with van der Waals surface area (Å²) in [7, 11) is 1.62. The molecule has 26 heavy (non-hydrogen) atoms. The number of allylic oxidation sites excluding steroid dienone is 1. The molecule has 132 valence electrons. The van der Waals surface area contributed by atoms with Crippen molar-refractivity contribution >= 4 is 46.0 Å². The van der Waals surface area contributed by atoms with Gasteiger partial charge in [-0.3, -0.25) is 9.79 Å². The normalized spacial score (nSPS) is 12.2. The third kappa shape index (κ3) is 3.64. The maximum atomic E-state index is 12.0. The molecule has 5 nitrogen and oxygen atoms in total. The van der Waals surface area contributed by atoms with Crippen LogP contribution >= 0.6 is 23.2 Å². The van der Waals surface area contributed by atoms with Gasteiger partial charge in [-0.05, 0) is 23.3 Å². The van der Waals surface area contributed by atoms with E-state index in [0.717, 1.165) is 11.1 Å². The lowest BCUT2D eigenvalue weighted by Gasteiger charge is -2.10. The van der Waals surface area contributed by atoms with Crippen molar-refractivity contribution in [1.29, 1.82) is 0 Å². The maximum absolute atomic E-state index is 12.0. The highest BCUT2D eigenvalue weighted by molar-refractivity contribution is 6.36. The minimum atomic E-state index is -0.386. The Bertz CT molecular complexity index is 1070. The summed E-state index contributed by atoms with van der Waals surface area (Å²) in [5.74, 6) is 0. The molecule has 0 aliphatic rings. The van der Waals surface area contributed by atoms with E-state index < -0.39 is 0 Å². The molecule has 3 rings (SSSR count). The van der Waals surface area contributed by atoms with Crippen molar-refractivity contribution in [2.45, 2.75) is 6.54 Å². The zero-order valence-corrected chi connectivity index (χ0v) is 15.5. The molecule has 0 atom stereocenters. The first-order valence-electron chi connectivity index (χ1n) is 7.83. The topological polar surface area (TPSA) is 73.3 Å². The standard InChI is InChI=1S/C19H16Cl2N4O/c1-25-16-8-13(7-15(20)17(16)24-18(21)19(25)26)14(9-22)11-23-10-12-5-3-2-4-6-12/h2-9,11H,10,22H2,1H3. The monoisotopic (exact) mass is 386 g/mol. The average molecular weight is 387 g/mol. The second kappa shape index (κ2) is 7.72. The minimum absolute atomic E-state index is 0.117. The van der Waals surface area contributed by atoms with Crippen molar-refractivity contribution in [2.75, 3.05) is 0 Å². The van der Waals surface area contributed by atoms with Crippen LogP contribution in [-0.2, 0) is 13.6 Å². The molecule has 0 radical (unpaired) electrons. The van der Waals surface area contributed by atoms with Gasteiger partial charge in [0.15, 0.2) is 5.15 Å². The van der Waals surface area contributed by atoms with E-state index in [-0.39, 0.29) is 10.7 Å². The lowest BCUT2D eigenvalue weighted by Crippen LogP contribution is -2.19. The Labute approximate surface area is 160 Å². The molecule has 0 aliphatic carbocycles. The molecular weight excluding hydrogens is 371 g/mol. The van der Waals surface area contributed by atoms with Crippen molar-refractivity contribution in [3.8, 4) is 0 Å². The summed E-state index contributed by atoms with van der Waals surface area (Å²) in [5.41, 5.74) is 8.93. The molecule has 0 fully saturated rings. The van der Waals surface area contributed by atoms with Crippen LogP contribution < -0.4 is 11.3 Å². The molecule has 0 spiro atoms. The number of hydrogen-bond donors (Lipinski definition) is 1. The van der Waals surface area contributed by atoms with E-state index >= 15 is 0 Å². The van der Waals surface area contributed by atoms with E-state index in [4.69, 9.17) is 28.9 Å². The highest BCUT2D eigenvalue weighted by Crippen LogP contribution is 2.26. The highest BCUT2D eigenvalue weighted by atomic mass is 35.5. The fourth-order valence-corrected chi connectivity index (χ4v) is 3.03. The summed E-state index contributed by atoms with van der Waals surface area (Å²) < 4.78 is 1.41. The molecule has 7 heteroatoms. The quantitative estimate of drug-likeness (QED) is 0.692. The van der Waals surface area contributed by atoms with Crippen LogP contribution in [0.5, 0.6) is 0 Å². The summed E-state index contributed by atoms with van der Waals surface area (Å²) in [6, 6.07) is 13.4. The first-order valence-corrected chi connectivity index (χ1v) is 8.58. The fourth-order valence-electron chi connectivity index (χ4n) is 2.56. The number of nitrogens with two attached hydrogens (primary N) is 1. The third-order valence-electron chi connectivity index (χ3n) is 3.96. The molecule has 1 aromatic heterocycles. The van der Waals surface area contributed by atoms with Crippen LogP contribution in [-0.4, -0.2) is 15.8 Å². The van der Waals surface area contributed by atoms with Crippen molar-refractivity contribution < 1.29 is 0 Å². The number of halogens is 2. The zero-order chi connectivity index (χ0) is 18.7. The Hall–Kier alpha value is -2.63. The van der Waals surface area contributed by atoms with E-state index in [1.807, 2.05) is 30.3 Å². The molecule has 0 bridgehead atoms. The number of rotatable bonds is 4. The molecule has 1 heterocycles. The Morgan fingerprint density at radius 1 is 1.27 bits per heavy atom. The number of aryl methyl sites for hydroxylation is 1. The number of nitrogens with zero attached hydrogens (tertiary/aromatic N) is 3. The number of aliphatic imine (C=N–C) groups is 1. The summed E-state index contributed by atoms with van der Waals surface area (Å²) in [4.78, 5) is 20.5. The van der Waals surface area contributed by atoms with Crippen LogP contribution in [0.1, 0.15) is 11.1 Å². The molecule has 2 aromatic carbocycles. The van der Waals surface area contributed by atoms with Gasteiger partial charge in [-0.25, -0.2) is 4.98 Å². The lowest BCUT2D eigenvalue weighted by molar-refractivity contribution is 0.892. The first kappa shape index (κ1) is 18.2. The number of aromatic nitrogens is 2. The molecular formula is C19H16Cl2N4O. The van der Waals surface area contributed by atoms with Gasteiger partial charge in [0.25, 0.3) is 5.56 Å². The molecule has 0 unspecified atom stereocenters.